The fourth-order valence-electron chi connectivity index (χ4n) is 2.04. The molecule has 0 bridgehead atoms. The van der Waals surface area contributed by atoms with E-state index in [0.29, 0.717) is 18.7 Å². The van der Waals surface area contributed by atoms with Crippen molar-refractivity contribution in [1.82, 2.24) is 5.32 Å². The van der Waals surface area contributed by atoms with Gasteiger partial charge >= 0.3 is 0 Å². The number of amides is 1. The molecule has 21 heavy (non-hydrogen) atoms. The van der Waals surface area contributed by atoms with Crippen molar-refractivity contribution in [2.45, 2.75) is 6.54 Å². The number of carbonyl (C=O) groups is 1. The fraction of sp³-hybridized carbons (Fsp3) is 0.235. The smallest absolute Gasteiger partial charge is 0.251 e. The summed E-state index contributed by atoms with van der Waals surface area (Å²) in [5, 5.41) is 2.93. The van der Waals surface area contributed by atoms with Crippen LogP contribution >= 0.6 is 0 Å². The van der Waals surface area contributed by atoms with Crippen LogP contribution in [0.25, 0.3) is 0 Å². The number of nitrogens with zero attached hydrogens (tertiary/aromatic N) is 1. The van der Waals surface area contributed by atoms with E-state index in [2.05, 4.69) is 10.2 Å². The molecular weight excluding hydrogens is 262 g/mol. The average molecular weight is 283 g/mol. The zero-order valence-corrected chi connectivity index (χ0v) is 12.3. The Bertz CT molecular complexity index is 566. The molecule has 4 heteroatoms. The molecule has 2 aromatic rings. The van der Waals surface area contributed by atoms with E-state index in [1.807, 2.05) is 49.5 Å². The number of carbonyl (C=O) groups excluding carboxylic acids is 1. The maximum Gasteiger partial charge on any atom is 0.251 e. The molecule has 0 unspecified atom stereocenters. The molecule has 3 N–H and O–H groups in total. The lowest BCUT2D eigenvalue weighted by Gasteiger charge is -2.19. The summed E-state index contributed by atoms with van der Waals surface area (Å²) in [5.41, 5.74) is 8.36. The van der Waals surface area contributed by atoms with Crippen LogP contribution in [0.4, 0.5) is 5.69 Å². The van der Waals surface area contributed by atoms with E-state index < -0.39 is 0 Å². The Kier molecular flexibility index (Phi) is 5.35. The summed E-state index contributed by atoms with van der Waals surface area (Å²) >= 11 is 0. The van der Waals surface area contributed by atoms with E-state index >= 15 is 0 Å². The summed E-state index contributed by atoms with van der Waals surface area (Å²) in [4.78, 5) is 14.1. The SMILES string of the molecule is CN(CCNC(=O)c1ccc(CN)cc1)c1ccccc1. The van der Waals surface area contributed by atoms with Crippen molar-refractivity contribution in [2.24, 2.45) is 5.73 Å². The number of benzene rings is 2. The normalized spacial score (nSPS) is 10.2. The van der Waals surface area contributed by atoms with Gasteiger partial charge in [-0.1, -0.05) is 30.3 Å². The lowest BCUT2D eigenvalue weighted by molar-refractivity contribution is 0.0954. The van der Waals surface area contributed by atoms with Gasteiger partial charge in [0.2, 0.25) is 0 Å². The highest BCUT2D eigenvalue weighted by atomic mass is 16.1. The standard InChI is InChI=1S/C17H21N3O/c1-20(16-5-3-2-4-6-16)12-11-19-17(21)15-9-7-14(13-18)8-10-15/h2-10H,11-13,18H2,1H3,(H,19,21). The van der Waals surface area contributed by atoms with Gasteiger partial charge in [0.25, 0.3) is 5.91 Å². The van der Waals surface area contributed by atoms with Crippen LogP contribution in [0, 0.1) is 0 Å². The number of hydrogen-bond acceptors (Lipinski definition) is 3. The number of hydrogen-bond donors (Lipinski definition) is 2. The van der Waals surface area contributed by atoms with E-state index in [9.17, 15) is 4.79 Å². The van der Waals surface area contributed by atoms with Gasteiger partial charge in [-0.15, -0.1) is 0 Å². The molecule has 0 radical (unpaired) electrons. The number of para-hydroxylation sites is 1. The van der Waals surface area contributed by atoms with E-state index in [-0.39, 0.29) is 5.91 Å². The molecule has 0 saturated heterocycles. The second kappa shape index (κ2) is 7.45. The van der Waals surface area contributed by atoms with Crippen molar-refractivity contribution in [3.05, 3.63) is 65.7 Å². The molecule has 0 saturated carbocycles. The van der Waals surface area contributed by atoms with Crippen LogP contribution in [-0.2, 0) is 6.54 Å². The number of anilines is 1. The van der Waals surface area contributed by atoms with Gasteiger partial charge in [-0.3, -0.25) is 4.79 Å². The summed E-state index contributed by atoms with van der Waals surface area (Å²) in [6.45, 7) is 1.85. The highest BCUT2D eigenvalue weighted by Crippen LogP contribution is 2.09. The van der Waals surface area contributed by atoms with Gasteiger partial charge in [0.05, 0.1) is 0 Å². The Morgan fingerprint density at radius 3 is 2.38 bits per heavy atom. The third-order valence-electron chi connectivity index (χ3n) is 3.38. The van der Waals surface area contributed by atoms with Gasteiger partial charge in [0.15, 0.2) is 0 Å². The van der Waals surface area contributed by atoms with Gasteiger partial charge < -0.3 is 16.0 Å². The molecule has 0 fully saturated rings. The quantitative estimate of drug-likeness (QED) is 0.852. The number of nitrogens with one attached hydrogen (secondary N) is 1. The highest BCUT2D eigenvalue weighted by Gasteiger charge is 2.05. The molecule has 0 aliphatic carbocycles. The first kappa shape index (κ1) is 15.1. The van der Waals surface area contributed by atoms with E-state index in [1.54, 1.807) is 12.1 Å². The molecule has 2 rings (SSSR count). The first-order valence-electron chi connectivity index (χ1n) is 7.04. The molecule has 0 spiro atoms. The number of rotatable bonds is 6. The van der Waals surface area contributed by atoms with Crippen LogP contribution in [0.2, 0.25) is 0 Å². The second-order valence-electron chi connectivity index (χ2n) is 4.91. The van der Waals surface area contributed by atoms with Crippen molar-refractivity contribution < 1.29 is 4.79 Å². The Hall–Kier alpha value is -2.33. The van der Waals surface area contributed by atoms with Crippen molar-refractivity contribution in [1.29, 1.82) is 0 Å². The molecule has 0 aliphatic rings. The van der Waals surface area contributed by atoms with Crippen molar-refractivity contribution in [2.75, 3.05) is 25.0 Å². The van der Waals surface area contributed by atoms with Gasteiger partial charge in [0.1, 0.15) is 0 Å². The summed E-state index contributed by atoms with van der Waals surface area (Å²) in [6.07, 6.45) is 0. The Labute approximate surface area is 125 Å². The number of likely N-dealkylation sites (N-methyl/N-ethyl adjacent to an activating group) is 1. The molecule has 4 nitrogen and oxygen atoms in total. The topological polar surface area (TPSA) is 58.4 Å². The Balaban J connectivity index is 1.81. The Morgan fingerprint density at radius 1 is 1.10 bits per heavy atom. The third-order valence-corrected chi connectivity index (χ3v) is 3.38. The van der Waals surface area contributed by atoms with Gasteiger partial charge in [-0.2, -0.15) is 0 Å². The largest absolute Gasteiger partial charge is 0.373 e. The molecule has 110 valence electrons. The van der Waals surface area contributed by atoms with Crippen molar-refractivity contribution in [3.63, 3.8) is 0 Å². The second-order valence-corrected chi connectivity index (χ2v) is 4.91. The molecule has 1 amide bonds. The molecule has 0 aromatic heterocycles. The maximum atomic E-state index is 12.0. The van der Waals surface area contributed by atoms with Gasteiger partial charge in [-0.05, 0) is 29.8 Å². The van der Waals surface area contributed by atoms with E-state index in [0.717, 1.165) is 17.8 Å². The molecule has 0 heterocycles. The molecule has 0 aliphatic heterocycles. The summed E-state index contributed by atoms with van der Waals surface area (Å²) in [7, 11) is 2.01. The van der Waals surface area contributed by atoms with Crippen LogP contribution in [0.3, 0.4) is 0 Å². The average Bonchev–Trinajstić information content (AvgIpc) is 2.55. The minimum Gasteiger partial charge on any atom is -0.373 e. The zero-order chi connectivity index (χ0) is 15.1. The highest BCUT2D eigenvalue weighted by molar-refractivity contribution is 5.94. The summed E-state index contributed by atoms with van der Waals surface area (Å²) < 4.78 is 0. The van der Waals surface area contributed by atoms with E-state index in [1.165, 1.54) is 0 Å². The summed E-state index contributed by atoms with van der Waals surface area (Å²) in [6, 6.07) is 17.5. The molecule has 0 atom stereocenters. The van der Waals surface area contributed by atoms with Crippen LogP contribution in [0.15, 0.2) is 54.6 Å². The fourth-order valence-corrected chi connectivity index (χ4v) is 2.04. The monoisotopic (exact) mass is 283 g/mol. The molecule has 2 aromatic carbocycles. The predicted molar refractivity (Wildman–Crippen MR) is 86.4 cm³/mol. The predicted octanol–water partition coefficient (Wildman–Crippen LogP) is 2.01. The maximum absolute atomic E-state index is 12.0. The third kappa shape index (κ3) is 4.33. The van der Waals surface area contributed by atoms with Crippen LogP contribution in [-0.4, -0.2) is 26.0 Å². The van der Waals surface area contributed by atoms with Crippen LogP contribution in [0.1, 0.15) is 15.9 Å². The Morgan fingerprint density at radius 2 is 1.76 bits per heavy atom. The van der Waals surface area contributed by atoms with Crippen molar-refractivity contribution >= 4 is 11.6 Å². The number of nitrogens with two attached hydrogens (primary N) is 1. The van der Waals surface area contributed by atoms with Gasteiger partial charge in [0, 0.05) is 37.9 Å². The van der Waals surface area contributed by atoms with Crippen LogP contribution < -0.4 is 16.0 Å². The molecular formula is C17H21N3O. The minimum absolute atomic E-state index is 0.0555. The van der Waals surface area contributed by atoms with Crippen molar-refractivity contribution in [3.8, 4) is 0 Å². The first-order valence-corrected chi connectivity index (χ1v) is 7.04. The summed E-state index contributed by atoms with van der Waals surface area (Å²) in [5.74, 6) is -0.0555. The first-order chi connectivity index (χ1) is 10.2. The van der Waals surface area contributed by atoms with Gasteiger partial charge in [-0.25, -0.2) is 0 Å². The van der Waals surface area contributed by atoms with E-state index in [4.69, 9.17) is 5.73 Å². The zero-order valence-electron chi connectivity index (χ0n) is 12.3. The lowest BCUT2D eigenvalue weighted by Crippen LogP contribution is -2.32. The lowest BCUT2D eigenvalue weighted by atomic mass is 10.1. The van der Waals surface area contributed by atoms with Crippen LogP contribution in [0.5, 0.6) is 0 Å². The minimum atomic E-state index is -0.0555.